The third-order valence-corrected chi connectivity index (χ3v) is 3.63. The van der Waals surface area contributed by atoms with Crippen LogP contribution < -0.4 is 0 Å². The van der Waals surface area contributed by atoms with E-state index in [0.717, 1.165) is 0 Å². The zero-order valence-electron chi connectivity index (χ0n) is 10.6. The Hall–Kier alpha value is -1.07. The Labute approximate surface area is 115 Å². The summed E-state index contributed by atoms with van der Waals surface area (Å²) in [6, 6.07) is 1.57. The summed E-state index contributed by atoms with van der Waals surface area (Å²) < 4.78 is 4.86. The van der Waals surface area contributed by atoms with Gasteiger partial charge in [0.2, 0.25) is 0 Å². The topological polar surface area (TPSA) is 46.6 Å². The molecule has 0 atom stereocenters. The molecule has 100 valence electrons. The van der Waals surface area contributed by atoms with Gasteiger partial charge in [0, 0.05) is 6.04 Å². The second-order valence-electron chi connectivity index (χ2n) is 3.93. The van der Waals surface area contributed by atoms with Gasteiger partial charge in [-0.2, -0.15) is 0 Å². The number of thiophene rings is 1. The van der Waals surface area contributed by atoms with Crippen molar-refractivity contribution in [3.05, 3.63) is 21.3 Å². The highest BCUT2D eigenvalue weighted by Crippen LogP contribution is 2.24. The molecular weight excluding hydrogens is 274 g/mol. The smallest absolute Gasteiger partial charge is 0.325 e. The van der Waals surface area contributed by atoms with E-state index in [4.69, 9.17) is 16.3 Å². The second kappa shape index (κ2) is 6.75. The molecule has 1 amide bonds. The molecule has 0 unspecified atom stereocenters. The first-order valence-corrected chi connectivity index (χ1v) is 6.92. The van der Waals surface area contributed by atoms with Gasteiger partial charge in [0.15, 0.2) is 0 Å². The summed E-state index contributed by atoms with van der Waals surface area (Å²) in [4.78, 5) is 25.6. The Kier molecular flexibility index (Phi) is 5.62. The Morgan fingerprint density at radius 1 is 1.50 bits per heavy atom. The van der Waals surface area contributed by atoms with Crippen LogP contribution in [0.25, 0.3) is 0 Å². The maximum atomic E-state index is 12.3. The van der Waals surface area contributed by atoms with Crippen LogP contribution in [0.1, 0.15) is 30.4 Å². The minimum Gasteiger partial charge on any atom is -0.465 e. The van der Waals surface area contributed by atoms with Crippen molar-refractivity contribution in [2.45, 2.75) is 26.8 Å². The minimum absolute atomic E-state index is 0.0570. The van der Waals surface area contributed by atoms with Crippen molar-refractivity contribution >= 4 is 34.8 Å². The maximum absolute atomic E-state index is 12.3. The molecule has 0 radical (unpaired) electrons. The fraction of sp³-hybridized carbons (Fsp3) is 0.500. The monoisotopic (exact) mass is 289 g/mol. The number of carbonyl (C=O) groups is 2. The average molecular weight is 290 g/mol. The van der Waals surface area contributed by atoms with Crippen molar-refractivity contribution in [1.82, 2.24) is 4.90 Å². The summed E-state index contributed by atoms with van der Waals surface area (Å²) in [5, 5.41) is 2.16. The van der Waals surface area contributed by atoms with Crippen LogP contribution >= 0.6 is 22.9 Å². The molecule has 1 aromatic heterocycles. The first kappa shape index (κ1) is 15.0. The molecule has 0 N–H and O–H groups in total. The summed E-state index contributed by atoms with van der Waals surface area (Å²) in [7, 11) is 0. The number of amides is 1. The number of carbonyl (C=O) groups excluding carboxylic acids is 2. The number of halogens is 1. The predicted molar refractivity (Wildman–Crippen MR) is 72.1 cm³/mol. The lowest BCUT2D eigenvalue weighted by molar-refractivity contribution is -0.144. The standard InChI is InChI=1S/C12H16ClNO3S/c1-4-17-10(15)7-14(8(2)3)12(16)11-9(13)5-6-18-11/h5-6,8H,4,7H2,1-3H3. The first-order chi connectivity index (χ1) is 8.47. The highest BCUT2D eigenvalue weighted by molar-refractivity contribution is 7.12. The van der Waals surface area contributed by atoms with E-state index in [1.165, 1.54) is 16.2 Å². The van der Waals surface area contributed by atoms with E-state index in [-0.39, 0.29) is 18.5 Å². The van der Waals surface area contributed by atoms with E-state index < -0.39 is 5.97 Å². The number of esters is 1. The summed E-state index contributed by atoms with van der Waals surface area (Å²) in [5.74, 6) is -0.648. The van der Waals surface area contributed by atoms with Crippen LogP contribution in [-0.2, 0) is 9.53 Å². The van der Waals surface area contributed by atoms with Gasteiger partial charge in [-0.25, -0.2) is 0 Å². The van der Waals surface area contributed by atoms with E-state index in [1.807, 2.05) is 13.8 Å². The molecular formula is C12H16ClNO3S. The lowest BCUT2D eigenvalue weighted by Gasteiger charge is -2.25. The Balaban J connectivity index is 2.83. The molecule has 0 saturated heterocycles. The van der Waals surface area contributed by atoms with E-state index >= 15 is 0 Å². The average Bonchev–Trinajstić information content (AvgIpc) is 2.71. The zero-order chi connectivity index (χ0) is 13.7. The molecule has 0 fully saturated rings. The molecule has 1 rings (SSSR count). The van der Waals surface area contributed by atoms with Crippen molar-refractivity contribution in [2.75, 3.05) is 13.2 Å². The molecule has 4 nitrogen and oxygen atoms in total. The number of rotatable bonds is 5. The summed E-state index contributed by atoms with van der Waals surface area (Å²) in [5.41, 5.74) is 0. The molecule has 0 aromatic carbocycles. The number of ether oxygens (including phenoxy) is 1. The predicted octanol–water partition coefficient (Wildman–Crippen LogP) is 2.82. The molecule has 0 aliphatic rings. The van der Waals surface area contributed by atoms with Crippen LogP contribution in [0, 0.1) is 0 Å². The first-order valence-electron chi connectivity index (χ1n) is 5.67. The van der Waals surface area contributed by atoms with Gasteiger partial charge in [-0.1, -0.05) is 11.6 Å². The van der Waals surface area contributed by atoms with Crippen molar-refractivity contribution in [2.24, 2.45) is 0 Å². The van der Waals surface area contributed by atoms with Crippen LogP contribution in [0.15, 0.2) is 11.4 Å². The van der Waals surface area contributed by atoms with Gasteiger partial charge in [0.1, 0.15) is 11.4 Å². The second-order valence-corrected chi connectivity index (χ2v) is 5.25. The summed E-state index contributed by atoms with van der Waals surface area (Å²) >= 11 is 7.20. The minimum atomic E-state index is -0.410. The van der Waals surface area contributed by atoms with Crippen LogP contribution in [0.5, 0.6) is 0 Å². The Morgan fingerprint density at radius 2 is 2.17 bits per heavy atom. The normalized spacial score (nSPS) is 10.5. The SMILES string of the molecule is CCOC(=O)CN(C(=O)c1sccc1Cl)C(C)C. The number of nitrogens with zero attached hydrogens (tertiary/aromatic N) is 1. The largest absolute Gasteiger partial charge is 0.465 e. The van der Waals surface area contributed by atoms with Gasteiger partial charge in [0.05, 0.1) is 11.6 Å². The molecule has 1 aromatic rings. The maximum Gasteiger partial charge on any atom is 0.325 e. The lowest BCUT2D eigenvalue weighted by atomic mass is 10.3. The van der Waals surface area contributed by atoms with Crippen LogP contribution in [0.3, 0.4) is 0 Å². The highest BCUT2D eigenvalue weighted by Gasteiger charge is 2.24. The lowest BCUT2D eigenvalue weighted by Crippen LogP contribution is -2.41. The van der Waals surface area contributed by atoms with Gasteiger partial charge < -0.3 is 9.64 Å². The molecule has 0 aliphatic carbocycles. The third kappa shape index (κ3) is 3.71. The van der Waals surface area contributed by atoms with E-state index in [9.17, 15) is 9.59 Å². The van der Waals surface area contributed by atoms with Gasteiger partial charge in [-0.05, 0) is 32.2 Å². The van der Waals surface area contributed by atoms with Crippen LogP contribution in [0.4, 0.5) is 0 Å². The van der Waals surface area contributed by atoms with E-state index in [1.54, 1.807) is 18.4 Å². The Bertz CT molecular complexity index is 431. The fourth-order valence-corrected chi connectivity index (χ4v) is 2.50. The molecule has 1 heterocycles. The van der Waals surface area contributed by atoms with Crippen molar-refractivity contribution in [3.8, 4) is 0 Å². The molecule has 0 bridgehead atoms. The van der Waals surface area contributed by atoms with Gasteiger partial charge >= 0.3 is 5.97 Å². The molecule has 0 aliphatic heterocycles. The number of hydrogen-bond acceptors (Lipinski definition) is 4. The molecule has 0 saturated carbocycles. The van der Waals surface area contributed by atoms with Gasteiger partial charge in [0.25, 0.3) is 5.91 Å². The van der Waals surface area contributed by atoms with Crippen LogP contribution in [-0.4, -0.2) is 36.0 Å². The van der Waals surface area contributed by atoms with E-state index in [0.29, 0.717) is 16.5 Å². The van der Waals surface area contributed by atoms with Crippen molar-refractivity contribution in [1.29, 1.82) is 0 Å². The van der Waals surface area contributed by atoms with Gasteiger partial charge in [-0.15, -0.1) is 11.3 Å². The fourth-order valence-electron chi connectivity index (χ4n) is 1.41. The van der Waals surface area contributed by atoms with E-state index in [2.05, 4.69) is 0 Å². The molecule has 0 spiro atoms. The highest BCUT2D eigenvalue weighted by atomic mass is 35.5. The number of hydrogen-bond donors (Lipinski definition) is 0. The summed E-state index contributed by atoms with van der Waals surface area (Å²) in [6.45, 7) is 5.67. The zero-order valence-corrected chi connectivity index (χ0v) is 12.2. The Morgan fingerprint density at radius 3 is 2.61 bits per heavy atom. The van der Waals surface area contributed by atoms with Crippen molar-refractivity contribution in [3.63, 3.8) is 0 Å². The molecule has 6 heteroatoms. The quantitative estimate of drug-likeness (QED) is 0.783. The third-order valence-electron chi connectivity index (χ3n) is 2.30. The summed E-state index contributed by atoms with van der Waals surface area (Å²) in [6.07, 6.45) is 0. The van der Waals surface area contributed by atoms with Gasteiger partial charge in [-0.3, -0.25) is 9.59 Å². The van der Waals surface area contributed by atoms with Crippen LogP contribution in [0.2, 0.25) is 5.02 Å². The van der Waals surface area contributed by atoms with Crippen molar-refractivity contribution < 1.29 is 14.3 Å². The molecule has 18 heavy (non-hydrogen) atoms.